The first kappa shape index (κ1) is 24.8. The van der Waals surface area contributed by atoms with E-state index in [9.17, 15) is 9.18 Å². The Balaban J connectivity index is 2.03. The fourth-order valence-corrected chi connectivity index (χ4v) is 3.40. The lowest BCUT2D eigenvalue weighted by atomic mass is 10.0. The Morgan fingerprint density at radius 2 is 1.81 bits per heavy atom. The van der Waals surface area contributed by atoms with Crippen LogP contribution in [0.25, 0.3) is 11.6 Å². The molecular formula is C27H32FN3O. The first-order chi connectivity index (χ1) is 15.1. The van der Waals surface area contributed by atoms with Crippen LogP contribution in [0.2, 0.25) is 0 Å². The van der Waals surface area contributed by atoms with Crippen molar-refractivity contribution in [2.45, 2.75) is 40.7 Å². The average molecular weight is 434 g/mol. The number of nitrogens with one attached hydrogen (secondary N) is 2. The van der Waals surface area contributed by atoms with E-state index in [1.54, 1.807) is 19.3 Å². The molecule has 1 amide bonds. The van der Waals surface area contributed by atoms with Crippen LogP contribution in [0, 0.1) is 13.8 Å². The lowest BCUT2D eigenvalue weighted by Gasteiger charge is -2.11. The highest BCUT2D eigenvalue weighted by Crippen LogP contribution is 2.18. The van der Waals surface area contributed by atoms with Gasteiger partial charge in [0.25, 0.3) is 5.91 Å². The maximum absolute atomic E-state index is 13.1. The Kier molecular flexibility index (Phi) is 8.71. The largest absolute Gasteiger partial charge is 0.391 e. The maximum Gasteiger partial charge on any atom is 0.251 e. The molecule has 5 heteroatoms. The summed E-state index contributed by atoms with van der Waals surface area (Å²) in [7, 11) is 1.80. The van der Waals surface area contributed by atoms with Crippen LogP contribution in [0.15, 0.2) is 66.8 Å². The second-order valence-electron chi connectivity index (χ2n) is 8.01. The minimum Gasteiger partial charge on any atom is -0.391 e. The van der Waals surface area contributed by atoms with Gasteiger partial charge in [-0.1, -0.05) is 43.0 Å². The number of aryl methyl sites for hydroxylation is 2. The number of carbonyl (C=O) groups excluding carboxylic acids is 1. The van der Waals surface area contributed by atoms with Crippen LogP contribution in [0.1, 0.15) is 47.4 Å². The average Bonchev–Trinajstić information content (AvgIpc) is 2.72. The minimum atomic E-state index is -0.284. The molecule has 2 aromatic rings. The Morgan fingerprint density at radius 1 is 1.12 bits per heavy atom. The molecule has 2 rings (SSSR count). The summed E-state index contributed by atoms with van der Waals surface area (Å²) in [6.45, 7) is 15.6. The van der Waals surface area contributed by atoms with Crippen LogP contribution < -0.4 is 10.6 Å². The molecule has 0 aliphatic rings. The molecule has 0 aliphatic carbocycles. The third-order valence-electron chi connectivity index (χ3n) is 5.07. The van der Waals surface area contributed by atoms with E-state index in [0.29, 0.717) is 24.2 Å². The van der Waals surface area contributed by atoms with Gasteiger partial charge >= 0.3 is 0 Å². The zero-order valence-electron chi connectivity index (χ0n) is 19.6. The Morgan fingerprint density at radius 3 is 2.38 bits per heavy atom. The molecule has 32 heavy (non-hydrogen) atoms. The topological polar surface area (TPSA) is 54.0 Å². The van der Waals surface area contributed by atoms with Crippen molar-refractivity contribution < 1.29 is 9.18 Å². The van der Waals surface area contributed by atoms with Crippen molar-refractivity contribution in [3.63, 3.8) is 0 Å². The molecule has 0 bridgehead atoms. The molecule has 0 radical (unpaired) electrons. The number of benzene rings is 1. The van der Waals surface area contributed by atoms with Crippen molar-refractivity contribution in [3.05, 3.63) is 100 Å². The summed E-state index contributed by atoms with van der Waals surface area (Å²) in [5.41, 5.74) is 7.94. The van der Waals surface area contributed by atoms with Crippen molar-refractivity contribution in [1.82, 2.24) is 15.6 Å². The smallest absolute Gasteiger partial charge is 0.251 e. The van der Waals surface area contributed by atoms with Crippen LogP contribution in [-0.2, 0) is 17.8 Å². The number of allylic oxidation sites excluding steroid dienone is 3. The van der Waals surface area contributed by atoms with Crippen LogP contribution in [0.5, 0.6) is 0 Å². The van der Waals surface area contributed by atoms with Gasteiger partial charge in [0.2, 0.25) is 0 Å². The first-order valence-corrected chi connectivity index (χ1v) is 10.5. The Hall–Kier alpha value is -3.47. The van der Waals surface area contributed by atoms with E-state index in [2.05, 4.69) is 34.8 Å². The molecule has 0 saturated heterocycles. The zero-order valence-corrected chi connectivity index (χ0v) is 19.6. The second-order valence-corrected chi connectivity index (χ2v) is 8.01. The molecule has 1 aromatic carbocycles. The number of hydrogen-bond donors (Lipinski definition) is 2. The van der Waals surface area contributed by atoms with Crippen molar-refractivity contribution in [1.29, 1.82) is 0 Å². The molecule has 0 spiro atoms. The third kappa shape index (κ3) is 7.05. The van der Waals surface area contributed by atoms with E-state index < -0.39 is 0 Å². The Bertz CT molecular complexity index is 1090. The highest BCUT2D eigenvalue weighted by Gasteiger charge is 2.09. The van der Waals surface area contributed by atoms with Crippen LogP contribution in [0.4, 0.5) is 4.39 Å². The predicted octanol–water partition coefficient (Wildman–Crippen LogP) is 5.58. The van der Waals surface area contributed by atoms with Crippen LogP contribution >= 0.6 is 0 Å². The van der Waals surface area contributed by atoms with Gasteiger partial charge in [-0.15, -0.1) is 0 Å². The summed E-state index contributed by atoms with van der Waals surface area (Å²) < 4.78 is 13.1. The third-order valence-corrected chi connectivity index (χ3v) is 5.07. The molecule has 1 aromatic heterocycles. The summed E-state index contributed by atoms with van der Waals surface area (Å²) in [4.78, 5) is 16.9. The van der Waals surface area contributed by atoms with Gasteiger partial charge in [-0.25, -0.2) is 4.39 Å². The second kappa shape index (κ2) is 11.2. The van der Waals surface area contributed by atoms with Gasteiger partial charge in [0, 0.05) is 37.5 Å². The predicted molar refractivity (Wildman–Crippen MR) is 131 cm³/mol. The number of hydrogen-bond acceptors (Lipinski definition) is 3. The molecule has 1 heterocycles. The van der Waals surface area contributed by atoms with Crippen LogP contribution in [-0.4, -0.2) is 17.9 Å². The number of nitrogens with zero attached hydrogens (tertiary/aromatic N) is 1. The van der Waals surface area contributed by atoms with Gasteiger partial charge < -0.3 is 10.6 Å². The molecule has 0 unspecified atom stereocenters. The number of rotatable bonds is 9. The maximum atomic E-state index is 13.1. The summed E-state index contributed by atoms with van der Waals surface area (Å²) >= 11 is 0. The number of pyridine rings is 1. The standard InChI is InChI=1S/C27H32FN3O/c1-17(2)25-9-8-22(10-18(25)3)15-31-27(32)20(5)12-24(29-7)14-23-11-19(4)26(30-16-23)13-21(6)28/h8-13,16,29H,1,5,14-15H2,2-4,6-7H3,(H,31,32)/b21-13+,24-12-. The fourth-order valence-electron chi connectivity index (χ4n) is 3.40. The van der Waals surface area contributed by atoms with Crippen molar-refractivity contribution in [2.75, 3.05) is 7.05 Å². The Labute approximate surface area is 190 Å². The quantitative estimate of drug-likeness (QED) is 0.401. The molecular weight excluding hydrogens is 401 g/mol. The number of amides is 1. The van der Waals surface area contributed by atoms with E-state index in [1.807, 2.05) is 39.0 Å². The number of aromatic nitrogens is 1. The number of halogens is 1. The fraction of sp³-hybridized carbons (Fsp3) is 0.259. The number of carbonyl (C=O) groups is 1. The summed E-state index contributed by atoms with van der Waals surface area (Å²) in [5, 5.41) is 6.03. The zero-order chi connectivity index (χ0) is 23.8. The highest BCUT2D eigenvalue weighted by molar-refractivity contribution is 5.95. The van der Waals surface area contributed by atoms with Gasteiger partial charge in [0.05, 0.1) is 11.5 Å². The molecule has 0 aliphatic heterocycles. The summed E-state index contributed by atoms with van der Waals surface area (Å²) in [6.07, 6.45) is 5.41. The van der Waals surface area contributed by atoms with Gasteiger partial charge in [-0.3, -0.25) is 9.78 Å². The van der Waals surface area contributed by atoms with Crippen molar-refractivity contribution >= 4 is 17.6 Å². The molecule has 168 valence electrons. The summed E-state index contributed by atoms with van der Waals surface area (Å²) in [6, 6.07) is 8.04. The van der Waals surface area contributed by atoms with Gasteiger partial charge in [-0.2, -0.15) is 0 Å². The van der Waals surface area contributed by atoms with E-state index in [4.69, 9.17) is 0 Å². The summed E-state index contributed by atoms with van der Waals surface area (Å²) in [5.74, 6) is -0.513. The number of likely N-dealkylation sites (N-methyl/N-ethyl adjacent to an activating group) is 1. The molecule has 0 fully saturated rings. The highest BCUT2D eigenvalue weighted by atomic mass is 19.1. The molecule has 4 nitrogen and oxygen atoms in total. The molecule has 0 atom stereocenters. The van der Waals surface area contributed by atoms with Gasteiger partial charge in [0.15, 0.2) is 0 Å². The molecule has 2 N–H and O–H groups in total. The monoisotopic (exact) mass is 433 g/mol. The van der Waals surface area contributed by atoms with E-state index >= 15 is 0 Å². The van der Waals surface area contributed by atoms with Gasteiger partial charge in [0.1, 0.15) is 0 Å². The van der Waals surface area contributed by atoms with E-state index in [0.717, 1.165) is 39.1 Å². The SMILES string of the molecule is C=C(/C=C(/Cc1cnc(/C=C(\C)F)c(C)c1)NC)C(=O)NCc1ccc(C(=C)C)c(C)c1. The van der Waals surface area contributed by atoms with E-state index in [1.165, 1.54) is 13.0 Å². The first-order valence-electron chi connectivity index (χ1n) is 10.5. The van der Waals surface area contributed by atoms with E-state index in [-0.39, 0.29) is 11.7 Å². The van der Waals surface area contributed by atoms with Crippen molar-refractivity contribution in [2.24, 2.45) is 0 Å². The lowest BCUT2D eigenvalue weighted by molar-refractivity contribution is -0.117. The molecule has 0 saturated carbocycles. The van der Waals surface area contributed by atoms with Gasteiger partial charge in [-0.05, 0) is 67.7 Å². The minimum absolute atomic E-state index is 0.229. The van der Waals surface area contributed by atoms with Crippen molar-refractivity contribution in [3.8, 4) is 0 Å². The normalized spacial score (nSPS) is 11.8. The van der Waals surface area contributed by atoms with Crippen LogP contribution in [0.3, 0.4) is 0 Å². The lowest BCUT2D eigenvalue weighted by Crippen LogP contribution is -2.24.